The normalized spacial score (nSPS) is 10.3. The number of anilines is 2. The Balaban J connectivity index is 1.73. The largest absolute Gasteiger partial charge is 0.478 e. The molecule has 0 spiro atoms. The molecule has 3 aromatic carbocycles. The van der Waals surface area contributed by atoms with Gasteiger partial charge in [-0.2, -0.15) is 0 Å². The van der Waals surface area contributed by atoms with E-state index in [1.165, 1.54) is 30.3 Å². The molecule has 0 aliphatic rings. The van der Waals surface area contributed by atoms with Gasteiger partial charge in [0.2, 0.25) is 0 Å². The highest BCUT2D eigenvalue weighted by Crippen LogP contribution is 2.23. The maximum Gasteiger partial charge on any atom is 0.411 e. The molecule has 32 heavy (non-hydrogen) atoms. The molecule has 0 unspecified atom stereocenters. The summed E-state index contributed by atoms with van der Waals surface area (Å²) in [6.07, 6.45) is -0.716. The second-order valence-corrected chi connectivity index (χ2v) is 7.20. The minimum atomic E-state index is -1.20. The van der Waals surface area contributed by atoms with Gasteiger partial charge < -0.3 is 20.9 Å². The summed E-state index contributed by atoms with van der Waals surface area (Å²) >= 11 is 6.10. The smallest absolute Gasteiger partial charge is 0.411 e. The van der Waals surface area contributed by atoms with E-state index in [0.717, 1.165) is 5.56 Å². The molecule has 0 saturated carbocycles. The van der Waals surface area contributed by atoms with E-state index in [4.69, 9.17) is 22.1 Å². The molecule has 3 aromatic rings. The number of carboxylic acid groups (broad SMARTS) is 1. The third-order valence-corrected chi connectivity index (χ3v) is 4.64. The van der Waals surface area contributed by atoms with Crippen LogP contribution in [0, 0.1) is 0 Å². The number of hydrogen-bond acceptors (Lipinski definition) is 5. The molecule has 5 N–H and O–H groups in total. The van der Waals surface area contributed by atoms with Gasteiger partial charge in [-0.1, -0.05) is 48.0 Å². The third-order valence-electron chi connectivity index (χ3n) is 4.42. The Bertz CT molecular complexity index is 1150. The SMILES string of the molecule is NCc1ccc(C(=O)O)c(NC(=O)c2cc(Cl)cc(NC(=O)OCc3ccccc3)c2)c1. The fraction of sp³-hybridized carbons (Fsp3) is 0.0870. The van der Waals surface area contributed by atoms with E-state index in [0.29, 0.717) is 5.56 Å². The lowest BCUT2D eigenvalue weighted by molar-refractivity contribution is 0.0698. The Hall–Kier alpha value is -3.88. The monoisotopic (exact) mass is 453 g/mol. The second-order valence-electron chi connectivity index (χ2n) is 6.76. The van der Waals surface area contributed by atoms with Crippen molar-refractivity contribution in [1.29, 1.82) is 0 Å². The number of ether oxygens (including phenoxy) is 1. The van der Waals surface area contributed by atoms with Crippen molar-refractivity contribution in [2.75, 3.05) is 10.6 Å². The van der Waals surface area contributed by atoms with Gasteiger partial charge in [0.1, 0.15) is 6.61 Å². The van der Waals surface area contributed by atoms with Gasteiger partial charge in [0.05, 0.1) is 11.3 Å². The minimum absolute atomic E-state index is 0.0794. The van der Waals surface area contributed by atoms with Crippen LogP contribution in [0.2, 0.25) is 5.02 Å². The lowest BCUT2D eigenvalue weighted by Gasteiger charge is -2.12. The number of carbonyl (C=O) groups excluding carboxylic acids is 2. The van der Waals surface area contributed by atoms with Crippen molar-refractivity contribution in [2.24, 2.45) is 5.73 Å². The number of halogens is 1. The summed E-state index contributed by atoms with van der Waals surface area (Å²) in [5.41, 5.74) is 7.46. The van der Waals surface area contributed by atoms with E-state index in [9.17, 15) is 19.5 Å². The standard InChI is InChI=1S/C23H20ClN3O5/c24-17-9-16(21(28)27-20-8-15(12-25)6-7-19(20)22(29)30)10-18(11-17)26-23(31)32-13-14-4-2-1-3-5-14/h1-11H,12-13,25H2,(H,26,31)(H,27,28)(H,29,30). The highest BCUT2D eigenvalue weighted by Gasteiger charge is 2.16. The van der Waals surface area contributed by atoms with Crippen LogP contribution < -0.4 is 16.4 Å². The molecule has 2 amide bonds. The molecule has 8 nitrogen and oxygen atoms in total. The molecule has 0 aliphatic heterocycles. The average molecular weight is 454 g/mol. The zero-order valence-corrected chi connectivity index (χ0v) is 17.6. The van der Waals surface area contributed by atoms with Crippen LogP contribution in [0.1, 0.15) is 31.8 Å². The van der Waals surface area contributed by atoms with Gasteiger partial charge in [-0.05, 0) is 41.5 Å². The van der Waals surface area contributed by atoms with Crippen LogP contribution in [0.5, 0.6) is 0 Å². The van der Waals surface area contributed by atoms with Crippen molar-refractivity contribution in [3.8, 4) is 0 Å². The van der Waals surface area contributed by atoms with E-state index in [2.05, 4.69) is 10.6 Å². The van der Waals surface area contributed by atoms with Crippen molar-refractivity contribution in [2.45, 2.75) is 13.2 Å². The zero-order chi connectivity index (χ0) is 23.1. The van der Waals surface area contributed by atoms with Crippen LogP contribution in [0.15, 0.2) is 66.7 Å². The van der Waals surface area contributed by atoms with Gasteiger partial charge in [0.15, 0.2) is 0 Å². The molecule has 9 heteroatoms. The van der Waals surface area contributed by atoms with Gasteiger partial charge >= 0.3 is 12.1 Å². The summed E-state index contributed by atoms with van der Waals surface area (Å²) in [7, 11) is 0. The van der Waals surface area contributed by atoms with Gasteiger partial charge in [-0.3, -0.25) is 10.1 Å². The van der Waals surface area contributed by atoms with Crippen LogP contribution >= 0.6 is 11.6 Å². The number of hydrogen-bond donors (Lipinski definition) is 4. The molecule has 0 aliphatic carbocycles. The van der Waals surface area contributed by atoms with Gasteiger partial charge in [-0.15, -0.1) is 0 Å². The maximum atomic E-state index is 12.8. The highest BCUT2D eigenvalue weighted by atomic mass is 35.5. The first-order valence-electron chi connectivity index (χ1n) is 9.51. The Morgan fingerprint density at radius 1 is 0.938 bits per heavy atom. The van der Waals surface area contributed by atoms with Gasteiger partial charge in [-0.25, -0.2) is 9.59 Å². The Labute approximate surface area is 189 Å². The fourth-order valence-corrected chi connectivity index (χ4v) is 3.11. The average Bonchev–Trinajstić information content (AvgIpc) is 2.77. The summed E-state index contributed by atoms with van der Waals surface area (Å²) in [5.74, 6) is -1.80. The minimum Gasteiger partial charge on any atom is -0.478 e. The molecule has 0 heterocycles. The number of amides is 2. The van der Waals surface area contributed by atoms with Crippen LogP contribution in [0.4, 0.5) is 16.2 Å². The quantitative estimate of drug-likeness (QED) is 0.416. The molecule has 0 saturated heterocycles. The van der Waals surface area contributed by atoms with Crippen LogP contribution in [0.25, 0.3) is 0 Å². The second kappa shape index (κ2) is 10.4. The molecular weight excluding hydrogens is 434 g/mol. The number of aromatic carboxylic acids is 1. The first-order chi connectivity index (χ1) is 15.4. The summed E-state index contributed by atoms with van der Waals surface area (Å²) in [6, 6.07) is 17.8. The maximum absolute atomic E-state index is 12.8. The Morgan fingerprint density at radius 2 is 1.69 bits per heavy atom. The predicted octanol–water partition coefficient (Wildman–Crippen LogP) is 4.50. The van der Waals surface area contributed by atoms with E-state index in [-0.39, 0.29) is 40.7 Å². The van der Waals surface area contributed by atoms with Crippen molar-refractivity contribution in [3.05, 3.63) is 94.0 Å². The molecule has 0 radical (unpaired) electrons. The summed E-state index contributed by atoms with van der Waals surface area (Å²) in [5, 5.41) is 14.7. The van der Waals surface area contributed by atoms with E-state index in [1.54, 1.807) is 6.07 Å². The van der Waals surface area contributed by atoms with Crippen molar-refractivity contribution < 1.29 is 24.2 Å². The summed E-state index contributed by atoms with van der Waals surface area (Å²) in [6.45, 7) is 0.259. The lowest BCUT2D eigenvalue weighted by atomic mass is 10.1. The Kier molecular flexibility index (Phi) is 7.43. The summed E-state index contributed by atoms with van der Waals surface area (Å²) in [4.78, 5) is 36.3. The van der Waals surface area contributed by atoms with Crippen LogP contribution in [0.3, 0.4) is 0 Å². The molecule has 0 fully saturated rings. The number of carboxylic acids is 1. The van der Waals surface area contributed by atoms with Crippen molar-refractivity contribution in [1.82, 2.24) is 0 Å². The first-order valence-corrected chi connectivity index (χ1v) is 9.89. The van der Waals surface area contributed by atoms with Crippen molar-refractivity contribution in [3.63, 3.8) is 0 Å². The molecule has 3 rings (SSSR count). The lowest BCUT2D eigenvalue weighted by Crippen LogP contribution is -2.17. The highest BCUT2D eigenvalue weighted by molar-refractivity contribution is 6.31. The fourth-order valence-electron chi connectivity index (χ4n) is 2.87. The molecular formula is C23H20ClN3O5. The topological polar surface area (TPSA) is 131 Å². The molecule has 0 aromatic heterocycles. The van der Waals surface area contributed by atoms with E-state index >= 15 is 0 Å². The molecule has 164 valence electrons. The third kappa shape index (κ3) is 6.07. The number of benzene rings is 3. The van der Waals surface area contributed by atoms with Crippen LogP contribution in [-0.4, -0.2) is 23.1 Å². The van der Waals surface area contributed by atoms with Crippen molar-refractivity contribution >= 4 is 40.9 Å². The van der Waals surface area contributed by atoms with E-state index in [1.807, 2.05) is 30.3 Å². The first kappa shape index (κ1) is 22.8. The molecule has 0 atom stereocenters. The predicted molar refractivity (Wildman–Crippen MR) is 121 cm³/mol. The Morgan fingerprint density at radius 3 is 2.38 bits per heavy atom. The number of rotatable bonds is 7. The number of nitrogens with one attached hydrogen (secondary N) is 2. The number of carbonyl (C=O) groups is 3. The van der Waals surface area contributed by atoms with E-state index < -0.39 is 18.0 Å². The van der Waals surface area contributed by atoms with Crippen LogP contribution in [-0.2, 0) is 17.9 Å². The molecule has 0 bridgehead atoms. The van der Waals surface area contributed by atoms with Gasteiger partial charge in [0.25, 0.3) is 5.91 Å². The summed E-state index contributed by atoms with van der Waals surface area (Å²) < 4.78 is 5.16. The zero-order valence-electron chi connectivity index (χ0n) is 16.8. The number of nitrogens with two attached hydrogens (primary N) is 1. The van der Waals surface area contributed by atoms with Gasteiger partial charge in [0, 0.05) is 22.8 Å².